The third kappa shape index (κ3) is 10.1. The van der Waals surface area contributed by atoms with E-state index < -0.39 is 0 Å². The summed E-state index contributed by atoms with van der Waals surface area (Å²) in [7, 11) is 0. The molecule has 0 bridgehead atoms. The van der Waals surface area contributed by atoms with E-state index in [1.54, 1.807) is 0 Å². The molecule has 10 rings (SSSR count). The molecule has 0 aliphatic rings. The normalized spacial score (nSPS) is 10.4. The molecule has 0 aliphatic carbocycles. The number of rotatable bonds is 6. The van der Waals surface area contributed by atoms with Gasteiger partial charge in [0.05, 0.1) is 0 Å². The molecule has 0 amide bonds. The summed E-state index contributed by atoms with van der Waals surface area (Å²) in [6.45, 7) is 0. The molecule has 10 aromatic rings. The minimum Gasteiger partial charge on any atom is -0.0622 e. The van der Waals surface area contributed by atoms with Gasteiger partial charge in [-0.2, -0.15) is 0 Å². The predicted octanol–water partition coefficient (Wildman–Crippen LogP) is 15.9. The lowest BCUT2D eigenvalue weighted by molar-refractivity contribution is 1.54. The third-order valence-electron chi connectivity index (χ3n) is 11.6. The highest BCUT2D eigenvalue weighted by Gasteiger charge is 2.10. The number of hydrogen-bond donors (Lipinski definition) is 0. The van der Waals surface area contributed by atoms with Crippen LogP contribution < -0.4 is 0 Å². The molecular formula is C66H42. The Hall–Kier alpha value is -9.12. The van der Waals surface area contributed by atoms with E-state index in [9.17, 15) is 0 Å². The van der Waals surface area contributed by atoms with Crippen LogP contribution in [0.4, 0.5) is 0 Å². The maximum atomic E-state index is 3.29. The summed E-state index contributed by atoms with van der Waals surface area (Å²) in [5.74, 6) is 19.7. The van der Waals surface area contributed by atoms with Crippen LogP contribution in [-0.2, 0) is 0 Å². The lowest BCUT2D eigenvalue weighted by Gasteiger charge is -2.13. The molecular weight excluding hydrogens is 793 g/mol. The van der Waals surface area contributed by atoms with Gasteiger partial charge >= 0.3 is 0 Å². The van der Waals surface area contributed by atoms with Gasteiger partial charge in [-0.15, -0.1) is 0 Å². The highest BCUT2D eigenvalue weighted by molar-refractivity contribution is 5.83. The summed E-state index contributed by atoms with van der Waals surface area (Å²) in [4.78, 5) is 0. The van der Waals surface area contributed by atoms with Gasteiger partial charge in [0.25, 0.3) is 0 Å². The molecule has 0 saturated heterocycles. The van der Waals surface area contributed by atoms with Crippen LogP contribution >= 0.6 is 0 Å². The molecule has 0 aromatic heterocycles. The first-order valence-corrected chi connectivity index (χ1v) is 22.1. The van der Waals surface area contributed by atoms with Crippen molar-refractivity contribution in [1.29, 1.82) is 0 Å². The van der Waals surface area contributed by atoms with Crippen LogP contribution in [0.1, 0.15) is 33.4 Å². The SMILES string of the molecule is C(#Cc1ccc(-c2ccc(-c3cc(-c4ccc(-c5ccc(C#Cc6ccccc6)cc5)cc4)cc(-c4ccc(-c5ccc(C#Cc6ccccc6)cc5)cc4)c3)cc2)cc1)c1ccccc1. The molecule has 0 aliphatic heterocycles. The van der Waals surface area contributed by atoms with Gasteiger partial charge in [0.2, 0.25) is 0 Å². The second-order valence-electron chi connectivity index (χ2n) is 16.1. The quantitative estimate of drug-likeness (QED) is 0.146. The van der Waals surface area contributed by atoms with Gasteiger partial charge in [0.15, 0.2) is 0 Å². The van der Waals surface area contributed by atoms with Gasteiger partial charge in [-0.1, -0.05) is 199 Å². The zero-order valence-electron chi connectivity index (χ0n) is 36.2. The van der Waals surface area contributed by atoms with Crippen LogP contribution in [0.15, 0.2) is 255 Å². The van der Waals surface area contributed by atoms with Crippen molar-refractivity contribution in [3.63, 3.8) is 0 Å². The Kier molecular flexibility index (Phi) is 12.1. The summed E-state index contributed by atoms with van der Waals surface area (Å²) in [5.41, 5.74) is 19.9. The molecule has 0 N–H and O–H groups in total. The van der Waals surface area contributed by atoms with Crippen molar-refractivity contribution in [2.24, 2.45) is 0 Å². The molecule has 0 unspecified atom stereocenters. The smallest absolute Gasteiger partial charge is 0.0249 e. The van der Waals surface area contributed by atoms with E-state index in [0.717, 1.165) is 100 Å². The van der Waals surface area contributed by atoms with Crippen molar-refractivity contribution in [3.8, 4) is 102 Å². The Morgan fingerprint density at radius 1 is 0.136 bits per heavy atom. The zero-order valence-corrected chi connectivity index (χ0v) is 36.2. The second-order valence-corrected chi connectivity index (χ2v) is 16.1. The van der Waals surface area contributed by atoms with Crippen LogP contribution in [0.3, 0.4) is 0 Å². The van der Waals surface area contributed by atoms with E-state index in [4.69, 9.17) is 0 Å². The van der Waals surface area contributed by atoms with E-state index >= 15 is 0 Å². The van der Waals surface area contributed by atoms with Crippen molar-refractivity contribution in [1.82, 2.24) is 0 Å². The molecule has 0 atom stereocenters. The number of hydrogen-bond acceptors (Lipinski definition) is 0. The molecule has 66 heavy (non-hydrogen) atoms. The van der Waals surface area contributed by atoms with Crippen LogP contribution in [0.2, 0.25) is 0 Å². The summed E-state index contributed by atoms with van der Waals surface area (Å²) in [6.07, 6.45) is 0. The first kappa shape index (κ1) is 40.9. The van der Waals surface area contributed by atoms with Crippen LogP contribution in [0, 0.1) is 35.5 Å². The van der Waals surface area contributed by atoms with Crippen molar-refractivity contribution >= 4 is 0 Å². The van der Waals surface area contributed by atoms with Crippen molar-refractivity contribution < 1.29 is 0 Å². The average molecular weight is 835 g/mol. The van der Waals surface area contributed by atoms with Gasteiger partial charge in [-0.25, -0.2) is 0 Å². The maximum absolute atomic E-state index is 3.29. The fourth-order valence-corrected chi connectivity index (χ4v) is 7.93. The van der Waals surface area contributed by atoms with Crippen LogP contribution in [-0.4, -0.2) is 0 Å². The topological polar surface area (TPSA) is 0 Å². The van der Waals surface area contributed by atoms with E-state index in [1.807, 2.05) is 91.0 Å². The molecule has 0 saturated carbocycles. The molecule has 0 spiro atoms. The molecule has 0 heterocycles. The fraction of sp³-hybridized carbons (Fsp3) is 0. The predicted molar refractivity (Wildman–Crippen MR) is 276 cm³/mol. The van der Waals surface area contributed by atoms with E-state index in [1.165, 1.54) is 0 Å². The zero-order chi connectivity index (χ0) is 44.3. The summed E-state index contributed by atoms with van der Waals surface area (Å²) >= 11 is 0. The minimum absolute atomic E-state index is 0.995. The number of benzene rings is 10. The fourth-order valence-electron chi connectivity index (χ4n) is 7.93. The highest BCUT2D eigenvalue weighted by atomic mass is 14.1. The van der Waals surface area contributed by atoms with E-state index in [0.29, 0.717) is 0 Å². The molecule has 0 nitrogen and oxygen atoms in total. The monoisotopic (exact) mass is 834 g/mol. The van der Waals surface area contributed by atoms with Crippen molar-refractivity contribution in [2.45, 2.75) is 0 Å². The van der Waals surface area contributed by atoms with E-state index in [2.05, 4.69) is 199 Å². The third-order valence-corrected chi connectivity index (χ3v) is 11.6. The first-order chi connectivity index (χ1) is 32.6. The van der Waals surface area contributed by atoms with Gasteiger partial charge < -0.3 is 0 Å². The average Bonchev–Trinajstić information content (AvgIpc) is 3.40. The molecule has 0 heteroatoms. The summed E-state index contributed by atoms with van der Waals surface area (Å²) in [6, 6.07) is 89.4. The summed E-state index contributed by atoms with van der Waals surface area (Å²) < 4.78 is 0. The highest BCUT2D eigenvalue weighted by Crippen LogP contribution is 2.36. The standard InChI is InChI=1S/C66H42/c1-4-10-49(11-5-1)16-19-52-22-28-55(29-23-52)58-34-40-61(41-35-58)64-46-65(62-42-36-59(37-43-62)56-30-24-53(25-31-56)20-17-50-12-6-2-7-13-50)48-66(47-64)63-44-38-60(39-45-63)57-32-26-54(27-33-57)21-18-51-14-8-3-9-15-51/h1-15,22-48H. The minimum atomic E-state index is 0.995. The lowest BCUT2D eigenvalue weighted by atomic mass is 9.91. The van der Waals surface area contributed by atoms with Gasteiger partial charge in [0, 0.05) is 33.4 Å². The second kappa shape index (κ2) is 19.5. The van der Waals surface area contributed by atoms with Crippen molar-refractivity contribution in [3.05, 3.63) is 288 Å². The Morgan fingerprint density at radius 3 is 0.485 bits per heavy atom. The Balaban J connectivity index is 0.926. The van der Waals surface area contributed by atoms with Gasteiger partial charge in [0.1, 0.15) is 0 Å². The first-order valence-electron chi connectivity index (χ1n) is 22.1. The molecule has 0 radical (unpaired) electrons. The largest absolute Gasteiger partial charge is 0.0622 e. The lowest BCUT2D eigenvalue weighted by Crippen LogP contribution is -1.88. The van der Waals surface area contributed by atoms with Gasteiger partial charge in [-0.05, 0) is 158 Å². The Bertz CT molecular complexity index is 3030. The molecule has 10 aromatic carbocycles. The van der Waals surface area contributed by atoms with Crippen LogP contribution in [0.25, 0.3) is 66.8 Å². The van der Waals surface area contributed by atoms with Crippen LogP contribution in [0.5, 0.6) is 0 Å². The maximum Gasteiger partial charge on any atom is 0.0249 e. The molecule has 0 fully saturated rings. The summed E-state index contributed by atoms with van der Waals surface area (Å²) in [5, 5.41) is 0. The molecule has 306 valence electrons. The van der Waals surface area contributed by atoms with Gasteiger partial charge in [-0.3, -0.25) is 0 Å². The van der Waals surface area contributed by atoms with E-state index in [-0.39, 0.29) is 0 Å². The Morgan fingerprint density at radius 2 is 0.288 bits per heavy atom. The Labute approximate surface area is 388 Å². The van der Waals surface area contributed by atoms with Crippen molar-refractivity contribution in [2.75, 3.05) is 0 Å².